The molecule has 31 heavy (non-hydrogen) atoms. The monoisotopic (exact) mass is 444 g/mol. The molecular formula is C23H32N4O3S. The largest absolute Gasteiger partial charge is 0.462 e. The summed E-state index contributed by atoms with van der Waals surface area (Å²) in [5.74, 6) is 2.12. The Labute approximate surface area is 187 Å². The van der Waals surface area contributed by atoms with E-state index in [1.165, 1.54) is 43.4 Å². The summed E-state index contributed by atoms with van der Waals surface area (Å²) in [6, 6.07) is 0. The second-order valence-electron chi connectivity index (χ2n) is 8.63. The average molecular weight is 445 g/mol. The molecule has 2 aromatic heterocycles. The second kappa shape index (κ2) is 9.51. The van der Waals surface area contributed by atoms with Crippen molar-refractivity contribution in [1.82, 2.24) is 14.9 Å². The van der Waals surface area contributed by atoms with Crippen LogP contribution >= 0.6 is 11.3 Å². The SMILES string of the molecule is CCOC(=O)c1sc2nc(C)nc(N3CCN(C(=O)CC4CCCCC4)CC3)c2c1C. The van der Waals surface area contributed by atoms with Gasteiger partial charge in [0, 0.05) is 32.6 Å². The van der Waals surface area contributed by atoms with E-state index in [0.717, 1.165) is 34.7 Å². The Morgan fingerprint density at radius 2 is 1.77 bits per heavy atom. The van der Waals surface area contributed by atoms with E-state index in [1.54, 1.807) is 0 Å². The average Bonchev–Trinajstić information content (AvgIpc) is 3.10. The molecule has 2 aromatic rings. The molecule has 1 aliphatic carbocycles. The molecule has 168 valence electrons. The van der Waals surface area contributed by atoms with E-state index in [9.17, 15) is 9.59 Å². The van der Waals surface area contributed by atoms with Gasteiger partial charge in [-0.15, -0.1) is 11.3 Å². The Kier molecular flexibility index (Phi) is 6.74. The lowest BCUT2D eigenvalue weighted by Crippen LogP contribution is -2.49. The molecule has 3 heterocycles. The van der Waals surface area contributed by atoms with Crippen LogP contribution in [-0.2, 0) is 9.53 Å². The number of nitrogens with zero attached hydrogens (tertiary/aromatic N) is 4. The molecular weight excluding hydrogens is 412 g/mol. The number of piperazine rings is 1. The molecule has 1 amide bonds. The summed E-state index contributed by atoms with van der Waals surface area (Å²) in [4.78, 5) is 40.1. The van der Waals surface area contributed by atoms with Crippen LogP contribution in [-0.4, -0.2) is 59.5 Å². The first-order valence-corrected chi connectivity index (χ1v) is 12.3. The molecule has 0 N–H and O–H groups in total. The molecule has 1 aliphatic heterocycles. The van der Waals surface area contributed by atoms with Gasteiger partial charge in [-0.2, -0.15) is 0 Å². The van der Waals surface area contributed by atoms with Crippen molar-refractivity contribution < 1.29 is 14.3 Å². The van der Waals surface area contributed by atoms with Crippen LogP contribution in [0.15, 0.2) is 0 Å². The van der Waals surface area contributed by atoms with Crippen LogP contribution in [0.4, 0.5) is 5.82 Å². The summed E-state index contributed by atoms with van der Waals surface area (Å²) in [5.41, 5.74) is 0.879. The van der Waals surface area contributed by atoms with E-state index in [2.05, 4.69) is 9.88 Å². The molecule has 1 saturated heterocycles. The van der Waals surface area contributed by atoms with Crippen molar-refractivity contribution in [2.45, 2.75) is 59.3 Å². The van der Waals surface area contributed by atoms with E-state index in [-0.39, 0.29) is 5.97 Å². The highest BCUT2D eigenvalue weighted by molar-refractivity contribution is 7.20. The molecule has 0 bridgehead atoms. The number of carbonyl (C=O) groups is 2. The van der Waals surface area contributed by atoms with Gasteiger partial charge in [0.05, 0.1) is 12.0 Å². The van der Waals surface area contributed by atoms with E-state index >= 15 is 0 Å². The quantitative estimate of drug-likeness (QED) is 0.646. The van der Waals surface area contributed by atoms with Crippen LogP contribution < -0.4 is 4.90 Å². The fraction of sp³-hybridized carbons (Fsp3) is 0.652. The lowest BCUT2D eigenvalue weighted by Gasteiger charge is -2.36. The summed E-state index contributed by atoms with van der Waals surface area (Å²) in [6.07, 6.45) is 6.94. The van der Waals surface area contributed by atoms with Crippen molar-refractivity contribution in [1.29, 1.82) is 0 Å². The summed E-state index contributed by atoms with van der Waals surface area (Å²) < 4.78 is 5.22. The van der Waals surface area contributed by atoms with Crippen LogP contribution in [0, 0.1) is 19.8 Å². The second-order valence-corrected chi connectivity index (χ2v) is 9.63. The maximum Gasteiger partial charge on any atom is 0.348 e. The number of amides is 1. The highest BCUT2D eigenvalue weighted by Gasteiger charge is 2.28. The fourth-order valence-electron chi connectivity index (χ4n) is 4.78. The number of ether oxygens (including phenoxy) is 1. The first-order valence-electron chi connectivity index (χ1n) is 11.5. The zero-order valence-electron chi connectivity index (χ0n) is 18.8. The number of rotatable bonds is 5. The van der Waals surface area contributed by atoms with Gasteiger partial charge in [0.15, 0.2) is 0 Å². The van der Waals surface area contributed by atoms with E-state index < -0.39 is 0 Å². The third-order valence-corrected chi connectivity index (χ3v) is 7.63. The molecule has 0 radical (unpaired) electrons. The Balaban J connectivity index is 1.49. The number of anilines is 1. The minimum absolute atomic E-state index is 0.298. The lowest BCUT2D eigenvalue weighted by atomic mass is 9.86. The van der Waals surface area contributed by atoms with Crippen molar-refractivity contribution >= 4 is 39.2 Å². The van der Waals surface area contributed by atoms with Crippen LogP contribution in [0.1, 0.15) is 66.5 Å². The number of aryl methyl sites for hydroxylation is 2. The number of thiophene rings is 1. The maximum absolute atomic E-state index is 12.8. The normalized spacial score (nSPS) is 17.9. The van der Waals surface area contributed by atoms with Gasteiger partial charge in [0.2, 0.25) is 5.91 Å². The predicted molar refractivity (Wildman–Crippen MR) is 123 cm³/mol. The molecule has 8 heteroatoms. The number of esters is 1. The standard InChI is InChI=1S/C23H32N4O3S/c1-4-30-23(29)20-15(2)19-21(24-16(3)25-22(19)31-20)27-12-10-26(11-13-27)18(28)14-17-8-6-5-7-9-17/h17H,4-14H2,1-3H3. The van der Waals surface area contributed by atoms with Crippen molar-refractivity contribution in [3.05, 3.63) is 16.3 Å². The first kappa shape index (κ1) is 22.0. The molecule has 0 unspecified atom stereocenters. The van der Waals surface area contributed by atoms with Gasteiger partial charge in [-0.1, -0.05) is 19.3 Å². The summed E-state index contributed by atoms with van der Waals surface area (Å²) in [7, 11) is 0. The molecule has 0 atom stereocenters. The third-order valence-electron chi connectivity index (χ3n) is 6.46. The topological polar surface area (TPSA) is 75.6 Å². The summed E-state index contributed by atoms with van der Waals surface area (Å²) >= 11 is 1.37. The van der Waals surface area contributed by atoms with Gasteiger partial charge in [-0.05, 0) is 45.1 Å². The number of fused-ring (bicyclic) bond motifs is 1. The first-order chi connectivity index (χ1) is 15.0. The highest BCUT2D eigenvalue weighted by atomic mass is 32.1. The number of carbonyl (C=O) groups excluding carboxylic acids is 2. The molecule has 0 spiro atoms. The van der Waals surface area contributed by atoms with Crippen LogP contribution in [0.2, 0.25) is 0 Å². The van der Waals surface area contributed by atoms with Gasteiger partial charge in [0.25, 0.3) is 0 Å². The summed E-state index contributed by atoms with van der Waals surface area (Å²) in [6.45, 7) is 8.89. The van der Waals surface area contributed by atoms with E-state index in [1.807, 2.05) is 25.7 Å². The van der Waals surface area contributed by atoms with E-state index in [4.69, 9.17) is 9.72 Å². The fourth-order valence-corrected chi connectivity index (χ4v) is 5.89. The van der Waals surface area contributed by atoms with Crippen molar-refractivity contribution in [3.63, 3.8) is 0 Å². The van der Waals surface area contributed by atoms with E-state index in [0.29, 0.717) is 48.6 Å². The van der Waals surface area contributed by atoms with Gasteiger partial charge in [-0.3, -0.25) is 4.79 Å². The van der Waals surface area contributed by atoms with Gasteiger partial charge >= 0.3 is 5.97 Å². The predicted octanol–water partition coefficient (Wildman–Crippen LogP) is 4.10. The minimum atomic E-state index is -0.301. The minimum Gasteiger partial charge on any atom is -0.462 e. The van der Waals surface area contributed by atoms with Gasteiger partial charge in [-0.25, -0.2) is 14.8 Å². The van der Waals surface area contributed by atoms with Crippen LogP contribution in [0.3, 0.4) is 0 Å². The van der Waals surface area contributed by atoms with Crippen molar-refractivity contribution in [2.24, 2.45) is 5.92 Å². The Hall–Kier alpha value is -2.22. The number of aromatic nitrogens is 2. The lowest BCUT2D eigenvalue weighted by molar-refractivity contribution is -0.132. The van der Waals surface area contributed by atoms with Crippen molar-refractivity contribution in [2.75, 3.05) is 37.7 Å². The van der Waals surface area contributed by atoms with Crippen LogP contribution in [0.25, 0.3) is 10.2 Å². The van der Waals surface area contributed by atoms with Gasteiger partial charge < -0.3 is 14.5 Å². The summed E-state index contributed by atoms with van der Waals surface area (Å²) in [5, 5.41) is 0.931. The maximum atomic E-state index is 12.8. The number of hydrogen-bond donors (Lipinski definition) is 0. The van der Waals surface area contributed by atoms with Crippen molar-refractivity contribution in [3.8, 4) is 0 Å². The molecule has 7 nitrogen and oxygen atoms in total. The smallest absolute Gasteiger partial charge is 0.348 e. The zero-order chi connectivity index (χ0) is 22.0. The Morgan fingerprint density at radius 3 is 2.45 bits per heavy atom. The zero-order valence-corrected chi connectivity index (χ0v) is 19.6. The molecule has 0 aromatic carbocycles. The Bertz CT molecular complexity index is 959. The number of hydrogen-bond acceptors (Lipinski definition) is 7. The highest BCUT2D eigenvalue weighted by Crippen LogP contribution is 2.36. The van der Waals surface area contributed by atoms with Gasteiger partial charge in [0.1, 0.15) is 21.3 Å². The third kappa shape index (κ3) is 4.68. The molecule has 4 rings (SSSR count). The molecule has 1 saturated carbocycles. The van der Waals surface area contributed by atoms with Crippen LogP contribution in [0.5, 0.6) is 0 Å². The molecule has 2 aliphatic rings. The Morgan fingerprint density at radius 1 is 1.06 bits per heavy atom. The molecule has 2 fully saturated rings.